The molecule has 100 valence electrons. The van der Waals surface area contributed by atoms with E-state index in [1.165, 1.54) is 12.1 Å². The number of para-hydroxylation sites is 1. The van der Waals surface area contributed by atoms with E-state index in [0.29, 0.717) is 5.56 Å². The highest BCUT2D eigenvalue weighted by molar-refractivity contribution is 14.1. The SMILES string of the molecule is Cc1cc(I)ccc1-c1ccccc1OC(F)(F)F. The highest BCUT2D eigenvalue weighted by atomic mass is 127. The average molecular weight is 378 g/mol. The molecule has 0 aliphatic heterocycles. The lowest BCUT2D eigenvalue weighted by atomic mass is 10.00. The van der Waals surface area contributed by atoms with Crippen molar-refractivity contribution >= 4 is 22.6 Å². The topological polar surface area (TPSA) is 9.23 Å². The summed E-state index contributed by atoms with van der Waals surface area (Å²) in [6.45, 7) is 1.86. The predicted molar refractivity (Wildman–Crippen MR) is 76.0 cm³/mol. The van der Waals surface area contributed by atoms with Gasteiger partial charge in [-0.15, -0.1) is 13.2 Å². The van der Waals surface area contributed by atoms with Gasteiger partial charge in [0.25, 0.3) is 0 Å². The van der Waals surface area contributed by atoms with Crippen LogP contribution in [0.25, 0.3) is 11.1 Å². The van der Waals surface area contributed by atoms with Crippen LogP contribution >= 0.6 is 22.6 Å². The fourth-order valence-corrected chi connectivity index (χ4v) is 2.48. The van der Waals surface area contributed by atoms with Crippen molar-refractivity contribution in [3.05, 3.63) is 51.6 Å². The molecule has 19 heavy (non-hydrogen) atoms. The average Bonchev–Trinajstić information content (AvgIpc) is 2.28. The molecule has 2 rings (SSSR count). The Morgan fingerprint density at radius 3 is 2.32 bits per heavy atom. The number of alkyl halides is 3. The third-order valence-electron chi connectivity index (χ3n) is 2.59. The quantitative estimate of drug-likeness (QED) is 0.656. The number of hydrogen-bond donors (Lipinski definition) is 0. The highest BCUT2D eigenvalue weighted by Crippen LogP contribution is 2.35. The molecule has 0 atom stereocenters. The summed E-state index contributed by atoms with van der Waals surface area (Å²) in [6.07, 6.45) is -4.69. The third kappa shape index (κ3) is 3.62. The van der Waals surface area contributed by atoms with Crippen LogP contribution in [0.2, 0.25) is 0 Å². The number of ether oxygens (including phenoxy) is 1. The zero-order chi connectivity index (χ0) is 14.0. The summed E-state index contributed by atoms with van der Waals surface area (Å²) in [4.78, 5) is 0. The number of halogens is 4. The van der Waals surface area contributed by atoms with Crippen LogP contribution in [0, 0.1) is 10.5 Å². The number of rotatable bonds is 2. The molecular weight excluding hydrogens is 368 g/mol. The first kappa shape index (κ1) is 14.2. The smallest absolute Gasteiger partial charge is 0.405 e. The van der Waals surface area contributed by atoms with E-state index in [-0.39, 0.29) is 5.75 Å². The van der Waals surface area contributed by atoms with E-state index in [0.717, 1.165) is 14.7 Å². The zero-order valence-corrected chi connectivity index (χ0v) is 12.1. The van der Waals surface area contributed by atoms with Crippen molar-refractivity contribution in [3.8, 4) is 16.9 Å². The Kier molecular flexibility index (Phi) is 4.03. The minimum absolute atomic E-state index is 0.181. The third-order valence-corrected chi connectivity index (χ3v) is 3.26. The monoisotopic (exact) mass is 378 g/mol. The maximum atomic E-state index is 12.4. The first-order valence-corrected chi connectivity index (χ1v) is 6.56. The van der Waals surface area contributed by atoms with Crippen molar-refractivity contribution in [1.29, 1.82) is 0 Å². The molecule has 0 fully saturated rings. The van der Waals surface area contributed by atoms with E-state index in [2.05, 4.69) is 27.3 Å². The fourth-order valence-electron chi connectivity index (χ4n) is 1.83. The van der Waals surface area contributed by atoms with E-state index in [9.17, 15) is 13.2 Å². The first-order chi connectivity index (χ1) is 8.87. The van der Waals surface area contributed by atoms with Crippen LogP contribution in [0.15, 0.2) is 42.5 Å². The Morgan fingerprint density at radius 1 is 1.00 bits per heavy atom. The van der Waals surface area contributed by atoms with Crippen molar-refractivity contribution in [2.24, 2.45) is 0 Å². The van der Waals surface area contributed by atoms with Gasteiger partial charge in [0.05, 0.1) is 0 Å². The van der Waals surface area contributed by atoms with Gasteiger partial charge in [0.1, 0.15) is 5.75 Å². The van der Waals surface area contributed by atoms with Gasteiger partial charge in [-0.25, -0.2) is 0 Å². The largest absolute Gasteiger partial charge is 0.573 e. The van der Waals surface area contributed by atoms with E-state index < -0.39 is 6.36 Å². The second-order valence-electron chi connectivity index (χ2n) is 4.00. The molecule has 1 nitrogen and oxygen atoms in total. The number of benzene rings is 2. The standard InChI is InChI=1S/C14H10F3IO/c1-9-8-10(18)6-7-11(9)12-4-2-3-5-13(12)19-14(15,16)17/h2-8H,1H3. The Balaban J connectivity index is 2.50. The molecular formula is C14H10F3IO. The molecule has 0 aliphatic carbocycles. The molecule has 0 heterocycles. The molecule has 0 saturated heterocycles. The van der Waals surface area contributed by atoms with Crippen molar-refractivity contribution in [2.45, 2.75) is 13.3 Å². The van der Waals surface area contributed by atoms with Gasteiger partial charge in [0.2, 0.25) is 0 Å². The van der Waals surface area contributed by atoms with Gasteiger partial charge in [-0.05, 0) is 58.8 Å². The molecule has 0 aliphatic rings. The minimum atomic E-state index is -4.69. The molecule has 5 heteroatoms. The Morgan fingerprint density at radius 2 is 1.68 bits per heavy atom. The van der Waals surface area contributed by atoms with Crippen molar-refractivity contribution in [1.82, 2.24) is 0 Å². The van der Waals surface area contributed by atoms with Crippen LogP contribution in [0.5, 0.6) is 5.75 Å². The van der Waals surface area contributed by atoms with Crippen LogP contribution in [0.1, 0.15) is 5.56 Å². The molecule has 0 N–H and O–H groups in total. The summed E-state index contributed by atoms with van der Waals surface area (Å²) >= 11 is 2.16. The normalized spacial score (nSPS) is 11.4. The van der Waals surface area contributed by atoms with Crippen molar-refractivity contribution < 1.29 is 17.9 Å². The van der Waals surface area contributed by atoms with Gasteiger partial charge >= 0.3 is 6.36 Å². The van der Waals surface area contributed by atoms with E-state index in [4.69, 9.17) is 0 Å². The lowest BCUT2D eigenvalue weighted by Crippen LogP contribution is -2.17. The Labute approximate surface area is 122 Å². The number of hydrogen-bond acceptors (Lipinski definition) is 1. The molecule has 0 radical (unpaired) electrons. The van der Waals surface area contributed by atoms with Gasteiger partial charge < -0.3 is 4.74 Å². The molecule has 2 aromatic rings. The summed E-state index contributed by atoms with van der Waals surface area (Å²) in [5.41, 5.74) is 2.08. The zero-order valence-electron chi connectivity index (χ0n) is 9.96. The lowest BCUT2D eigenvalue weighted by Gasteiger charge is -2.14. The second kappa shape index (κ2) is 5.40. The molecule has 0 bridgehead atoms. The number of aryl methyl sites for hydroxylation is 1. The Hall–Kier alpha value is -1.24. The molecule has 0 spiro atoms. The van der Waals surface area contributed by atoms with Crippen LogP contribution in [0.4, 0.5) is 13.2 Å². The van der Waals surface area contributed by atoms with Gasteiger partial charge in [0, 0.05) is 9.13 Å². The van der Waals surface area contributed by atoms with Crippen LogP contribution in [-0.2, 0) is 0 Å². The Bertz CT molecular complexity index is 593. The van der Waals surface area contributed by atoms with Crippen LogP contribution in [0.3, 0.4) is 0 Å². The summed E-state index contributed by atoms with van der Waals surface area (Å²) in [6, 6.07) is 11.7. The maximum absolute atomic E-state index is 12.4. The van der Waals surface area contributed by atoms with Gasteiger partial charge in [0.15, 0.2) is 0 Å². The molecule has 0 amide bonds. The van der Waals surface area contributed by atoms with Gasteiger partial charge in [-0.1, -0.05) is 24.3 Å². The second-order valence-corrected chi connectivity index (χ2v) is 5.25. The van der Waals surface area contributed by atoms with Crippen molar-refractivity contribution in [3.63, 3.8) is 0 Å². The lowest BCUT2D eigenvalue weighted by molar-refractivity contribution is -0.274. The summed E-state index contributed by atoms with van der Waals surface area (Å²) in [5.74, 6) is -0.181. The van der Waals surface area contributed by atoms with E-state index in [1.807, 2.05) is 19.1 Å². The first-order valence-electron chi connectivity index (χ1n) is 5.48. The molecule has 0 aromatic heterocycles. The van der Waals surface area contributed by atoms with Gasteiger partial charge in [-0.3, -0.25) is 0 Å². The van der Waals surface area contributed by atoms with Crippen LogP contribution < -0.4 is 4.74 Å². The highest BCUT2D eigenvalue weighted by Gasteiger charge is 2.32. The van der Waals surface area contributed by atoms with E-state index in [1.54, 1.807) is 18.2 Å². The maximum Gasteiger partial charge on any atom is 0.573 e. The predicted octanol–water partition coefficient (Wildman–Crippen LogP) is 5.17. The minimum Gasteiger partial charge on any atom is -0.405 e. The van der Waals surface area contributed by atoms with Crippen LogP contribution in [-0.4, -0.2) is 6.36 Å². The van der Waals surface area contributed by atoms with E-state index >= 15 is 0 Å². The summed E-state index contributed by atoms with van der Waals surface area (Å²) < 4.78 is 42.2. The summed E-state index contributed by atoms with van der Waals surface area (Å²) in [5, 5.41) is 0. The summed E-state index contributed by atoms with van der Waals surface area (Å²) in [7, 11) is 0. The molecule has 0 unspecified atom stereocenters. The fraction of sp³-hybridized carbons (Fsp3) is 0.143. The molecule has 0 saturated carbocycles. The van der Waals surface area contributed by atoms with Crippen molar-refractivity contribution in [2.75, 3.05) is 0 Å². The molecule has 2 aromatic carbocycles. The van der Waals surface area contributed by atoms with Gasteiger partial charge in [-0.2, -0.15) is 0 Å².